The Morgan fingerprint density at radius 2 is 1.85 bits per heavy atom. The summed E-state index contributed by atoms with van der Waals surface area (Å²) in [4.78, 5) is 11.2. The molecule has 1 rings (SSSR count). The third-order valence-electron chi connectivity index (χ3n) is 3.04. The molecule has 1 aromatic rings. The monoisotopic (exact) mass is 302 g/mol. The predicted octanol–water partition coefficient (Wildman–Crippen LogP) is 2.28. The number of sulfone groups is 1. The zero-order valence-electron chi connectivity index (χ0n) is 11.4. The van der Waals surface area contributed by atoms with Crippen LogP contribution in [0.1, 0.15) is 25.3 Å². The number of carbonyl (C=O) groups is 1. The van der Waals surface area contributed by atoms with Gasteiger partial charge in [-0.15, -0.1) is 0 Å². The standard InChI is InChI=1S/C14H19FO4S/c1-2-8-20(18,19)9-7-12(14(16)17)10-11-3-5-13(15)6-4-11/h3-6,12H,2,7-10H2,1H3,(H,16,17). The van der Waals surface area contributed by atoms with Gasteiger partial charge in [0.2, 0.25) is 0 Å². The molecule has 1 unspecified atom stereocenters. The van der Waals surface area contributed by atoms with Crippen LogP contribution in [0.4, 0.5) is 4.39 Å². The molecule has 112 valence electrons. The van der Waals surface area contributed by atoms with E-state index in [9.17, 15) is 17.6 Å². The van der Waals surface area contributed by atoms with E-state index in [4.69, 9.17) is 5.11 Å². The maximum Gasteiger partial charge on any atom is 0.306 e. The lowest BCUT2D eigenvalue weighted by atomic mass is 9.97. The first-order valence-corrected chi connectivity index (χ1v) is 8.34. The summed E-state index contributed by atoms with van der Waals surface area (Å²) >= 11 is 0. The first-order chi connectivity index (χ1) is 9.34. The average Bonchev–Trinajstić information content (AvgIpc) is 2.36. The number of hydrogen-bond acceptors (Lipinski definition) is 3. The van der Waals surface area contributed by atoms with Crippen molar-refractivity contribution in [1.82, 2.24) is 0 Å². The molecule has 0 aliphatic heterocycles. The van der Waals surface area contributed by atoms with Crippen molar-refractivity contribution < 1.29 is 22.7 Å². The van der Waals surface area contributed by atoms with Crippen molar-refractivity contribution in [3.8, 4) is 0 Å². The van der Waals surface area contributed by atoms with Crippen molar-refractivity contribution in [3.05, 3.63) is 35.6 Å². The molecule has 0 radical (unpaired) electrons. The van der Waals surface area contributed by atoms with Gasteiger partial charge in [0.1, 0.15) is 15.7 Å². The molecule has 0 saturated heterocycles. The molecule has 6 heteroatoms. The van der Waals surface area contributed by atoms with Crippen molar-refractivity contribution in [1.29, 1.82) is 0 Å². The predicted molar refractivity (Wildman–Crippen MR) is 74.8 cm³/mol. The van der Waals surface area contributed by atoms with E-state index in [1.165, 1.54) is 24.3 Å². The van der Waals surface area contributed by atoms with E-state index in [0.29, 0.717) is 12.0 Å². The molecular weight excluding hydrogens is 283 g/mol. The van der Waals surface area contributed by atoms with Gasteiger partial charge in [-0.25, -0.2) is 12.8 Å². The normalized spacial score (nSPS) is 13.1. The third kappa shape index (κ3) is 5.69. The molecule has 0 fully saturated rings. The van der Waals surface area contributed by atoms with Crippen molar-refractivity contribution in [3.63, 3.8) is 0 Å². The Kier molecular flexibility index (Phi) is 6.13. The SMILES string of the molecule is CCCS(=O)(=O)CCC(Cc1ccc(F)cc1)C(=O)O. The van der Waals surface area contributed by atoms with E-state index in [2.05, 4.69) is 0 Å². The molecule has 0 aliphatic carbocycles. The summed E-state index contributed by atoms with van der Waals surface area (Å²) in [5.41, 5.74) is 0.687. The second-order valence-electron chi connectivity index (χ2n) is 4.81. The van der Waals surface area contributed by atoms with Gasteiger partial charge in [0.15, 0.2) is 0 Å². The van der Waals surface area contributed by atoms with Crippen molar-refractivity contribution in [2.24, 2.45) is 5.92 Å². The zero-order chi connectivity index (χ0) is 15.2. The Labute approximate surface area is 118 Å². The fourth-order valence-electron chi connectivity index (χ4n) is 1.95. The Morgan fingerprint density at radius 1 is 1.25 bits per heavy atom. The van der Waals surface area contributed by atoms with Crippen LogP contribution in [0.3, 0.4) is 0 Å². The molecule has 1 atom stereocenters. The molecule has 4 nitrogen and oxygen atoms in total. The first-order valence-electron chi connectivity index (χ1n) is 6.51. The highest BCUT2D eigenvalue weighted by Crippen LogP contribution is 2.15. The molecule has 0 aromatic heterocycles. The number of carboxylic acids is 1. The van der Waals surface area contributed by atoms with Gasteiger partial charge in [-0.2, -0.15) is 0 Å². The second-order valence-corrected chi connectivity index (χ2v) is 7.11. The van der Waals surface area contributed by atoms with Gasteiger partial charge >= 0.3 is 5.97 Å². The molecular formula is C14H19FO4S. The highest BCUT2D eigenvalue weighted by atomic mass is 32.2. The van der Waals surface area contributed by atoms with Gasteiger partial charge in [-0.1, -0.05) is 19.1 Å². The Bertz CT molecular complexity index is 537. The van der Waals surface area contributed by atoms with E-state index in [1.54, 1.807) is 6.92 Å². The van der Waals surface area contributed by atoms with Crippen LogP contribution in [0.2, 0.25) is 0 Å². The maximum absolute atomic E-state index is 12.8. The van der Waals surface area contributed by atoms with Gasteiger partial charge in [0.25, 0.3) is 0 Å². The number of halogens is 1. The summed E-state index contributed by atoms with van der Waals surface area (Å²) in [5, 5.41) is 9.15. The van der Waals surface area contributed by atoms with Gasteiger partial charge in [-0.3, -0.25) is 4.79 Å². The Morgan fingerprint density at radius 3 is 2.35 bits per heavy atom. The number of aliphatic carboxylic acids is 1. The highest BCUT2D eigenvalue weighted by molar-refractivity contribution is 7.91. The summed E-state index contributed by atoms with van der Waals surface area (Å²) in [7, 11) is -3.18. The molecule has 0 bridgehead atoms. The fraction of sp³-hybridized carbons (Fsp3) is 0.500. The second kappa shape index (κ2) is 7.38. The van der Waals surface area contributed by atoms with Crippen LogP contribution in [-0.2, 0) is 21.1 Å². The summed E-state index contributed by atoms with van der Waals surface area (Å²) in [5.74, 6) is -2.23. The fourth-order valence-corrected chi connectivity index (χ4v) is 3.42. The van der Waals surface area contributed by atoms with E-state index >= 15 is 0 Å². The summed E-state index contributed by atoms with van der Waals surface area (Å²) in [6.45, 7) is 1.77. The number of carboxylic acid groups (broad SMARTS) is 1. The summed E-state index contributed by atoms with van der Waals surface area (Å²) in [6, 6.07) is 5.57. The van der Waals surface area contributed by atoms with Crippen molar-refractivity contribution in [2.45, 2.75) is 26.2 Å². The van der Waals surface area contributed by atoms with Crippen LogP contribution in [0, 0.1) is 11.7 Å². The largest absolute Gasteiger partial charge is 0.481 e. The minimum absolute atomic E-state index is 0.0784. The van der Waals surface area contributed by atoms with E-state index in [0.717, 1.165) is 0 Å². The van der Waals surface area contributed by atoms with Crippen LogP contribution in [0.15, 0.2) is 24.3 Å². The van der Waals surface area contributed by atoms with Crippen LogP contribution >= 0.6 is 0 Å². The highest BCUT2D eigenvalue weighted by Gasteiger charge is 2.21. The summed E-state index contributed by atoms with van der Waals surface area (Å²) in [6.07, 6.45) is 0.810. The van der Waals surface area contributed by atoms with Crippen molar-refractivity contribution >= 4 is 15.8 Å². The number of rotatable bonds is 8. The topological polar surface area (TPSA) is 71.4 Å². The molecule has 1 aromatic carbocycles. The van der Waals surface area contributed by atoms with Crippen LogP contribution in [0.5, 0.6) is 0 Å². The lowest BCUT2D eigenvalue weighted by Crippen LogP contribution is -2.21. The van der Waals surface area contributed by atoms with Gasteiger partial charge in [0, 0.05) is 5.75 Å². The quantitative estimate of drug-likeness (QED) is 0.799. The van der Waals surface area contributed by atoms with Crippen LogP contribution in [-0.4, -0.2) is 31.0 Å². The minimum atomic E-state index is -3.18. The zero-order valence-corrected chi connectivity index (χ0v) is 12.2. The smallest absolute Gasteiger partial charge is 0.306 e. The Balaban J connectivity index is 2.66. The van der Waals surface area contributed by atoms with Gasteiger partial charge < -0.3 is 5.11 Å². The molecule has 1 N–H and O–H groups in total. The number of hydrogen-bond donors (Lipinski definition) is 1. The Hall–Kier alpha value is -1.43. The molecule has 0 amide bonds. The van der Waals surface area contributed by atoms with Crippen molar-refractivity contribution in [2.75, 3.05) is 11.5 Å². The minimum Gasteiger partial charge on any atom is -0.481 e. The van der Waals surface area contributed by atoms with E-state index in [1.807, 2.05) is 0 Å². The lowest BCUT2D eigenvalue weighted by Gasteiger charge is -2.12. The maximum atomic E-state index is 12.8. The molecule has 0 aliphatic rings. The summed E-state index contributed by atoms with van der Waals surface area (Å²) < 4.78 is 36.0. The number of benzene rings is 1. The molecule has 0 saturated carbocycles. The van der Waals surface area contributed by atoms with Gasteiger partial charge in [-0.05, 0) is 37.0 Å². The third-order valence-corrected chi connectivity index (χ3v) is 4.93. The van der Waals surface area contributed by atoms with Crippen LogP contribution in [0.25, 0.3) is 0 Å². The molecule has 0 heterocycles. The van der Waals surface area contributed by atoms with Crippen LogP contribution < -0.4 is 0 Å². The van der Waals surface area contributed by atoms with Gasteiger partial charge in [0.05, 0.1) is 11.7 Å². The molecule has 0 spiro atoms. The van der Waals surface area contributed by atoms with E-state index < -0.39 is 21.7 Å². The average molecular weight is 302 g/mol. The first kappa shape index (κ1) is 16.6. The van der Waals surface area contributed by atoms with E-state index in [-0.39, 0.29) is 30.2 Å². The lowest BCUT2D eigenvalue weighted by molar-refractivity contribution is -0.141. The molecule has 20 heavy (non-hydrogen) atoms.